The zero-order valence-corrected chi connectivity index (χ0v) is 11.5. The summed E-state index contributed by atoms with van der Waals surface area (Å²) in [7, 11) is 0. The van der Waals surface area contributed by atoms with Crippen LogP contribution in [-0.2, 0) is 9.47 Å². The van der Waals surface area contributed by atoms with Gasteiger partial charge in [-0.1, -0.05) is 12.8 Å². The Hall–Kier alpha value is -0.120. The predicted molar refractivity (Wildman–Crippen MR) is 71.7 cm³/mol. The van der Waals surface area contributed by atoms with E-state index in [1.165, 1.54) is 45.1 Å². The molecule has 0 saturated carbocycles. The van der Waals surface area contributed by atoms with Gasteiger partial charge in [0.1, 0.15) is 0 Å². The summed E-state index contributed by atoms with van der Waals surface area (Å²) in [6.45, 7) is 3.97. The van der Waals surface area contributed by atoms with Crippen LogP contribution in [0.15, 0.2) is 0 Å². The molecule has 3 heteroatoms. The normalized spacial score (nSPS) is 37.3. The molecule has 3 aliphatic rings. The molecule has 0 aromatic heterocycles. The molecule has 1 N–H and O–H groups in total. The topological polar surface area (TPSA) is 30.5 Å². The summed E-state index contributed by atoms with van der Waals surface area (Å²) in [6.07, 6.45) is 10.3. The van der Waals surface area contributed by atoms with Crippen molar-refractivity contribution in [2.24, 2.45) is 5.92 Å². The number of ether oxygens (including phenoxy) is 2. The second-order valence-electron chi connectivity index (χ2n) is 6.31. The quantitative estimate of drug-likeness (QED) is 0.779. The second-order valence-corrected chi connectivity index (χ2v) is 6.31. The van der Waals surface area contributed by atoms with Crippen molar-refractivity contribution in [3.05, 3.63) is 0 Å². The number of hydrogen-bond acceptors (Lipinski definition) is 3. The van der Waals surface area contributed by atoms with E-state index in [-0.39, 0.29) is 5.60 Å². The molecule has 2 unspecified atom stereocenters. The fourth-order valence-corrected chi connectivity index (χ4v) is 3.96. The van der Waals surface area contributed by atoms with E-state index >= 15 is 0 Å². The molecule has 104 valence electrons. The average Bonchev–Trinajstić information content (AvgIpc) is 2.68. The first kappa shape index (κ1) is 12.9. The molecule has 2 atom stereocenters. The lowest BCUT2D eigenvalue weighted by molar-refractivity contribution is -0.150. The standard InChI is InChI=1S/C15H27NO2/c1-2-4-14(16-8-3-1)13-5-9-18-15(12-13)6-10-17-11-7-15/h13-14,16H,1-12H2. The molecule has 0 aliphatic carbocycles. The SMILES string of the molecule is C1CCNC(C2CCOC3(CCOCC3)C2)CC1. The number of rotatable bonds is 1. The predicted octanol–water partition coefficient (Wildman–Crippen LogP) is 2.49. The first-order valence-corrected chi connectivity index (χ1v) is 7.83. The molecular weight excluding hydrogens is 226 g/mol. The molecule has 3 heterocycles. The Morgan fingerprint density at radius 2 is 1.83 bits per heavy atom. The largest absolute Gasteiger partial charge is 0.381 e. The first-order chi connectivity index (χ1) is 8.88. The van der Waals surface area contributed by atoms with Gasteiger partial charge >= 0.3 is 0 Å². The molecular formula is C15H27NO2. The summed E-state index contributed by atoms with van der Waals surface area (Å²) >= 11 is 0. The van der Waals surface area contributed by atoms with Gasteiger partial charge in [-0.3, -0.25) is 0 Å². The molecule has 1 spiro atoms. The minimum Gasteiger partial charge on any atom is -0.381 e. The first-order valence-electron chi connectivity index (χ1n) is 7.83. The van der Waals surface area contributed by atoms with Crippen molar-refractivity contribution in [1.82, 2.24) is 5.32 Å². The van der Waals surface area contributed by atoms with E-state index in [1.54, 1.807) is 0 Å². The van der Waals surface area contributed by atoms with Gasteiger partial charge in [0.15, 0.2) is 0 Å². The lowest BCUT2D eigenvalue weighted by Crippen LogP contribution is -2.49. The van der Waals surface area contributed by atoms with Crippen molar-refractivity contribution >= 4 is 0 Å². The highest BCUT2D eigenvalue weighted by molar-refractivity contribution is 4.93. The van der Waals surface area contributed by atoms with Crippen LogP contribution in [-0.4, -0.2) is 38.0 Å². The lowest BCUT2D eigenvalue weighted by Gasteiger charge is -2.45. The fourth-order valence-electron chi connectivity index (χ4n) is 3.96. The summed E-state index contributed by atoms with van der Waals surface area (Å²) < 4.78 is 11.7. The zero-order chi connectivity index (χ0) is 12.3. The highest BCUT2D eigenvalue weighted by Gasteiger charge is 2.41. The number of hydrogen-bond donors (Lipinski definition) is 1. The summed E-state index contributed by atoms with van der Waals surface area (Å²) in [5, 5.41) is 3.79. The molecule has 0 bridgehead atoms. The Bertz CT molecular complexity index is 250. The summed E-state index contributed by atoms with van der Waals surface area (Å²) in [5.74, 6) is 0.829. The van der Waals surface area contributed by atoms with Crippen LogP contribution in [0.1, 0.15) is 51.4 Å². The van der Waals surface area contributed by atoms with E-state index in [4.69, 9.17) is 9.47 Å². The van der Waals surface area contributed by atoms with Crippen LogP contribution in [0.3, 0.4) is 0 Å². The smallest absolute Gasteiger partial charge is 0.0729 e. The Balaban J connectivity index is 1.61. The molecule has 18 heavy (non-hydrogen) atoms. The molecule has 0 radical (unpaired) electrons. The molecule has 3 aliphatic heterocycles. The maximum atomic E-state index is 6.15. The van der Waals surface area contributed by atoms with Crippen LogP contribution in [0.5, 0.6) is 0 Å². The third kappa shape index (κ3) is 2.89. The van der Waals surface area contributed by atoms with E-state index in [9.17, 15) is 0 Å². The van der Waals surface area contributed by atoms with Crippen LogP contribution in [0, 0.1) is 5.92 Å². The number of nitrogens with one attached hydrogen (secondary N) is 1. The minimum atomic E-state index is 0.162. The average molecular weight is 253 g/mol. The summed E-state index contributed by atoms with van der Waals surface area (Å²) in [4.78, 5) is 0. The van der Waals surface area contributed by atoms with Crippen LogP contribution >= 0.6 is 0 Å². The van der Waals surface area contributed by atoms with E-state index < -0.39 is 0 Å². The van der Waals surface area contributed by atoms with Crippen LogP contribution < -0.4 is 5.32 Å². The van der Waals surface area contributed by atoms with Gasteiger partial charge in [-0.25, -0.2) is 0 Å². The van der Waals surface area contributed by atoms with Gasteiger partial charge in [0, 0.05) is 25.9 Å². The second kappa shape index (κ2) is 5.89. The molecule has 3 fully saturated rings. The zero-order valence-electron chi connectivity index (χ0n) is 11.5. The third-order valence-electron chi connectivity index (χ3n) is 5.10. The molecule has 0 amide bonds. The monoisotopic (exact) mass is 253 g/mol. The molecule has 3 rings (SSSR count). The van der Waals surface area contributed by atoms with Gasteiger partial charge in [0.2, 0.25) is 0 Å². The Labute approximate surface area is 111 Å². The highest BCUT2D eigenvalue weighted by Crippen LogP contribution is 2.39. The van der Waals surface area contributed by atoms with Crippen LogP contribution in [0.2, 0.25) is 0 Å². The fraction of sp³-hybridized carbons (Fsp3) is 1.00. The van der Waals surface area contributed by atoms with E-state index in [0.29, 0.717) is 0 Å². The van der Waals surface area contributed by atoms with Crippen molar-refractivity contribution in [3.8, 4) is 0 Å². The van der Waals surface area contributed by atoms with Crippen LogP contribution in [0.25, 0.3) is 0 Å². The van der Waals surface area contributed by atoms with Crippen molar-refractivity contribution in [2.45, 2.75) is 63.0 Å². The Morgan fingerprint density at radius 1 is 0.944 bits per heavy atom. The molecule has 3 nitrogen and oxygen atoms in total. The highest BCUT2D eigenvalue weighted by atomic mass is 16.5. The van der Waals surface area contributed by atoms with Crippen molar-refractivity contribution in [2.75, 3.05) is 26.4 Å². The molecule has 3 saturated heterocycles. The third-order valence-corrected chi connectivity index (χ3v) is 5.10. The van der Waals surface area contributed by atoms with Gasteiger partial charge in [-0.15, -0.1) is 0 Å². The van der Waals surface area contributed by atoms with E-state index in [1.807, 2.05) is 0 Å². The van der Waals surface area contributed by atoms with Gasteiger partial charge in [-0.2, -0.15) is 0 Å². The molecule has 0 aromatic carbocycles. The van der Waals surface area contributed by atoms with Gasteiger partial charge in [0.05, 0.1) is 5.60 Å². The van der Waals surface area contributed by atoms with E-state index in [2.05, 4.69) is 5.32 Å². The van der Waals surface area contributed by atoms with Gasteiger partial charge in [-0.05, 0) is 51.0 Å². The lowest BCUT2D eigenvalue weighted by atomic mass is 9.77. The van der Waals surface area contributed by atoms with E-state index in [0.717, 1.165) is 44.6 Å². The minimum absolute atomic E-state index is 0.162. The van der Waals surface area contributed by atoms with Gasteiger partial charge in [0.25, 0.3) is 0 Å². The van der Waals surface area contributed by atoms with Crippen molar-refractivity contribution in [3.63, 3.8) is 0 Å². The molecule has 0 aromatic rings. The maximum absolute atomic E-state index is 6.15. The Kier molecular flexibility index (Phi) is 4.22. The maximum Gasteiger partial charge on any atom is 0.0729 e. The van der Waals surface area contributed by atoms with Crippen molar-refractivity contribution in [1.29, 1.82) is 0 Å². The van der Waals surface area contributed by atoms with Crippen molar-refractivity contribution < 1.29 is 9.47 Å². The van der Waals surface area contributed by atoms with Gasteiger partial charge < -0.3 is 14.8 Å². The summed E-state index contributed by atoms with van der Waals surface area (Å²) in [6, 6.07) is 0.746. The Morgan fingerprint density at radius 3 is 2.72 bits per heavy atom. The van der Waals surface area contributed by atoms with Crippen LogP contribution in [0.4, 0.5) is 0 Å². The summed E-state index contributed by atoms with van der Waals surface area (Å²) in [5.41, 5.74) is 0.162.